The standard InChI is InChI=1S/C17H15NO3/c1-2-10-20-13-7-5-6-12(11-13)17-18-16(19)14-8-3-4-9-15(14)21-17/h2-9,11,17H,1,10H2,(H,18,19). The Morgan fingerprint density at radius 1 is 1.24 bits per heavy atom. The van der Waals surface area contributed by atoms with E-state index < -0.39 is 6.23 Å². The Morgan fingerprint density at radius 2 is 2.10 bits per heavy atom. The van der Waals surface area contributed by atoms with Crippen molar-refractivity contribution in [1.82, 2.24) is 5.32 Å². The monoisotopic (exact) mass is 281 g/mol. The van der Waals surface area contributed by atoms with Gasteiger partial charge in [0.15, 0.2) is 6.23 Å². The molecule has 0 aliphatic carbocycles. The van der Waals surface area contributed by atoms with Crippen molar-refractivity contribution < 1.29 is 14.3 Å². The Kier molecular flexibility index (Phi) is 3.60. The number of para-hydroxylation sites is 1. The predicted octanol–water partition coefficient (Wildman–Crippen LogP) is 3.07. The smallest absolute Gasteiger partial charge is 0.258 e. The summed E-state index contributed by atoms with van der Waals surface area (Å²) in [7, 11) is 0. The average Bonchev–Trinajstić information content (AvgIpc) is 2.53. The van der Waals surface area contributed by atoms with E-state index in [2.05, 4.69) is 11.9 Å². The molecule has 2 aromatic rings. The highest BCUT2D eigenvalue weighted by molar-refractivity contribution is 5.97. The van der Waals surface area contributed by atoms with Gasteiger partial charge in [-0.3, -0.25) is 4.79 Å². The lowest BCUT2D eigenvalue weighted by molar-refractivity contribution is 0.0755. The van der Waals surface area contributed by atoms with Crippen LogP contribution in [0.1, 0.15) is 22.1 Å². The fourth-order valence-electron chi connectivity index (χ4n) is 2.18. The van der Waals surface area contributed by atoms with E-state index >= 15 is 0 Å². The van der Waals surface area contributed by atoms with Gasteiger partial charge in [0.25, 0.3) is 5.91 Å². The van der Waals surface area contributed by atoms with Gasteiger partial charge in [-0.25, -0.2) is 0 Å². The molecule has 1 N–H and O–H groups in total. The van der Waals surface area contributed by atoms with Crippen molar-refractivity contribution >= 4 is 5.91 Å². The number of rotatable bonds is 4. The average molecular weight is 281 g/mol. The molecule has 0 radical (unpaired) electrons. The quantitative estimate of drug-likeness (QED) is 0.876. The molecule has 4 nitrogen and oxygen atoms in total. The van der Waals surface area contributed by atoms with E-state index in [1.54, 1.807) is 18.2 Å². The molecule has 0 aromatic heterocycles. The van der Waals surface area contributed by atoms with Gasteiger partial charge >= 0.3 is 0 Å². The predicted molar refractivity (Wildman–Crippen MR) is 79.4 cm³/mol. The minimum absolute atomic E-state index is 0.140. The molecule has 1 unspecified atom stereocenters. The van der Waals surface area contributed by atoms with E-state index in [1.165, 1.54) is 0 Å². The number of ether oxygens (including phenoxy) is 2. The van der Waals surface area contributed by atoms with Crippen LogP contribution >= 0.6 is 0 Å². The van der Waals surface area contributed by atoms with Crippen LogP contribution in [0, 0.1) is 0 Å². The van der Waals surface area contributed by atoms with Gasteiger partial charge in [-0.15, -0.1) is 0 Å². The summed E-state index contributed by atoms with van der Waals surface area (Å²) in [6.45, 7) is 4.05. The highest BCUT2D eigenvalue weighted by atomic mass is 16.5. The van der Waals surface area contributed by atoms with Crippen molar-refractivity contribution in [1.29, 1.82) is 0 Å². The van der Waals surface area contributed by atoms with Crippen LogP contribution in [-0.2, 0) is 0 Å². The zero-order chi connectivity index (χ0) is 14.7. The molecule has 0 saturated heterocycles. The Bertz CT molecular complexity index is 681. The van der Waals surface area contributed by atoms with Gasteiger partial charge < -0.3 is 14.8 Å². The Hall–Kier alpha value is -2.75. The Labute approximate surface area is 123 Å². The molecule has 0 fully saturated rings. The van der Waals surface area contributed by atoms with Gasteiger partial charge in [-0.1, -0.05) is 36.9 Å². The van der Waals surface area contributed by atoms with Gasteiger partial charge in [-0.2, -0.15) is 0 Å². The molecular formula is C17H15NO3. The summed E-state index contributed by atoms with van der Waals surface area (Å²) >= 11 is 0. The molecule has 4 heteroatoms. The van der Waals surface area contributed by atoms with Crippen LogP contribution < -0.4 is 14.8 Å². The summed E-state index contributed by atoms with van der Waals surface area (Å²) in [5, 5.41) is 2.84. The number of amides is 1. The van der Waals surface area contributed by atoms with E-state index in [0.29, 0.717) is 23.7 Å². The number of hydrogen-bond donors (Lipinski definition) is 1. The van der Waals surface area contributed by atoms with Crippen molar-refractivity contribution in [3.05, 3.63) is 72.3 Å². The van der Waals surface area contributed by atoms with E-state index in [1.807, 2.05) is 36.4 Å². The molecule has 1 aliphatic rings. The molecule has 1 atom stereocenters. The van der Waals surface area contributed by atoms with E-state index in [9.17, 15) is 4.79 Å². The first-order valence-electron chi connectivity index (χ1n) is 6.68. The first-order chi connectivity index (χ1) is 10.3. The van der Waals surface area contributed by atoms with E-state index in [-0.39, 0.29) is 5.91 Å². The third-order valence-corrected chi connectivity index (χ3v) is 3.17. The SMILES string of the molecule is C=CCOc1cccc(C2NC(=O)c3ccccc3O2)c1. The molecule has 1 amide bonds. The minimum Gasteiger partial charge on any atom is -0.490 e. The number of fused-ring (bicyclic) bond motifs is 1. The van der Waals surface area contributed by atoms with Gasteiger partial charge in [0.1, 0.15) is 18.1 Å². The van der Waals surface area contributed by atoms with Crippen molar-refractivity contribution in [3.63, 3.8) is 0 Å². The van der Waals surface area contributed by atoms with Crippen molar-refractivity contribution in [2.75, 3.05) is 6.61 Å². The van der Waals surface area contributed by atoms with E-state index in [4.69, 9.17) is 9.47 Å². The number of hydrogen-bond acceptors (Lipinski definition) is 3. The molecule has 1 heterocycles. The Balaban J connectivity index is 1.85. The largest absolute Gasteiger partial charge is 0.490 e. The fourth-order valence-corrected chi connectivity index (χ4v) is 2.18. The second-order valence-electron chi connectivity index (χ2n) is 4.64. The maximum absolute atomic E-state index is 12.1. The second-order valence-corrected chi connectivity index (χ2v) is 4.64. The summed E-state index contributed by atoms with van der Waals surface area (Å²) < 4.78 is 11.3. The number of carbonyl (C=O) groups is 1. The number of carbonyl (C=O) groups excluding carboxylic acids is 1. The van der Waals surface area contributed by atoms with Gasteiger partial charge in [0.2, 0.25) is 0 Å². The lowest BCUT2D eigenvalue weighted by atomic mass is 10.1. The maximum Gasteiger partial charge on any atom is 0.258 e. The number of benzene rings is 2. The van der Waals surface area contributed by atoms with Crippen LogP contribution in [0.3, 0.4) is 0 Å². The van der Waals surface area contributed by atoms with Gasteiger partial charge in [0, 0.05) is 5.56 Å². The summed E-state index contributed by atoms with van der Waals surface area (Å²) in [5.74, 6) is 1.16. The summed E-state index contributed by atoms with van der Waals surface area (Å²) in [4.78, 5) is 12.1. The maximum atomic E-state index is 12.1. The van der Waals surface area contributed by atoms with E-state index in [0.717, 1.165) is 5.56 Å². The first-order valence-corrected chi connectivity index (χ1v) is 6.68. The molecule has 0 bridgehead atoms. The molecule has 0 saturated carbocycles. The van der Waals surface area contributed by atoms with Crippen molar-refractivity contribution in [2.45, 2.75) is 6.23 Å². The van der Waals surface area contributed by atoms with Crippen molar-refractivity contribution in [3.8, 4) is 11.5 Å². The summed E-state index contributed by atoms with van der Waals surface area (Å²) in [6.07, 6.45) is 1.17. The lowest BCUT2D eigenvalue weighted by Gasteiger charge is -2.27. The summed E-state index contributed by atoms with van der Waals surface area (Å²) in [6, 6.07) is 14.6. The van der Waals surface area contributed by atoms with Crippen LogP contribution in [0.25, 0.3) is 0 Å². The fraction of sp³-hybridized carbons (Fsp3) is 0.118. The third-order valence-electron chi connectivity index (χ3n) is 3.17. The molecule has 2 aromatic carbocycles. The van der Waals surface area contributed by atoms with Gasteiger partial charge in [-0.05, 0) is 24.3 Å². The van der Waals surface area contributed by atoms with Crippen molar-refractivity contribution in [2.24, 2.45) is 0 Å². The topological polar surface area (TPSA) is 47.6 Å². The minimum atomic E-state index is -0.514. The zero-order valence-electron chi connectivity index (χ0n) is 11.4. The molecule has 21 heavy (non-hydrogen) atoms. The molecule has 106 valence electrons. The highest BCUT2D eigenvalue weighted by Crippen LogP contribution is 2.29. The third kappa shape index (κ3) is 2.74. The van der Waals surface area contributed by atoms with Crippen LogP contribution in [0.15, 0.2) is 61.2 Å². The normalized spacial score (nSPS) is 16.4. The molecule has 0 spiro atoms. The molecule has 1 aliphatic heterocycles. The molecular weight excluding hydrogens is 266 g/mol. The van der Waals surface area contributed by atoms with Crippen LogP contribution in [0.2, 0.25) is 0 Å². The van der Waals surface area contributed by atoms with Gasteiger partial charge in [0.05, 0.1) is 5.56 Å². The highest BCUT2D eigenvalue weighted by Gasteiger charge is 2.26. The number of nitrogens with one attached hydrogen (secondary N) is 1. The zero-order valence-corrected chi connectivity index (χ0v) is 11.4. The van der Waals surface area contributed by atoms with Crippen LogP contribution in [0.5, 0.6) is 11.5 Å². The first kappa shape index (κ1) is 13.2. The lowest BCUT2D eigenvalue weighted by Crippen LogP contribution is -2.36. The molecule has 3 rings (SSSR count). The summed E-state index contributed by atoms with van der Waals surface area (Å²) in [5.41, 5.74) is 1.38. The van der Waals surface area contributed by atoms with Crippen LogP contribution in [-0.4, -0.2) is 12.5 Å². The Morgan fingerprint density at radius 3 is 2.95 bits per heavy atom. The second kappa shape index (κ2) is 5.71. The van der Waals surface area contributed by atoms with Crippen LogP contribution in [0.4, 0.5) is 0 Å².